The Balaban J connectivity index is 1.30. The summed E-state index contributed by atoms with van der Waals surface area (Å²) in [5, 5.41) is 2.04. The molecule has 4 aromatic rings. The topological polar surface area (TPSA) is 76.1 Å². The monoisotopic (exact) mass is 462 g/mol. The molecule has 1 aliphatic heterocycles. The van der Waals surface area contributed by atoms with E-state index in [0.717, 1.165) is 59.4 Å². The number of pyridine rings is 1. The lowest BCUT2D eigenvalue weighted by Crippen LogP contribution is -2.31. The maximum absolute atomic E-state index is 11.7. The van der Waals surface area contributed by atoms with Gasteiger partial charge < -0.3 is 0 Å². The first-order valence-electron chi connectivity index (χ1n) is 10.3. The van der Waals surface area contributed by atoms with E-state index in [1.165, 1.54) is 11.8 Å². The van der Waals surface area contributed by atoms with E-state index >= 15 is 0 Å². The predicted octanol–water partition coefficient (Wildman–Crippen LogP) is 4.23. The van der Waals surface area contributed by atoms with Gasteiger partial charge in [0.05, 0.1) is 26.9 Å². The van der Waals surface area contributed by atoms with E-state index in [0.29, 0.717) is 4.90 Å². The predicted molar refractivity (Wildman–Crippen MR) is 126 cm³/mol. The normalized spacial score (nSPS) is 14.3. The van der Waals surface area contributed by atoms with Gasteiger partial charge in [0.1, 0.15) is 0 Å². The SMILES string of the molecule is CS(=O)(=O)c1ccc(-c2cccc(CN3CCc4nc(-c5cccs5)ncc4C3)n2)cc1. The van der Waals surface area contributed by atoms with Crippen LogP contribution in [0.1, 0.15) is 17.0 Å². The first kappa shape index (κ1) is 20.9. The van der Waals surface area contributed by atoms with Crippen molar-refractivity contribution >= 4 is 21.2 Å². The van der Waals surface area contributed by atoms with Crippen LogP contribution in [0.2, 0.25) is 0 Å². The maximum atomic E-state index is 11.7. The fourth-order valence-corrected chi connectivity index (χ4v) is 5.16. The van der Waals surface area contributed by atoms with Crippen LogP contribution in [-0.2, 0) is 29.3 Å². The second kappa shape index (κ2) is 8.54. The summed E-state index contributed by atoms with van der Waals surface area (Å²) in [5.74, 6) is 0.809. The van der Waals surface area contributed by atoms with E-state index in [9.17, 15) is 8.42 Å². The molecule has 0 bridgehead atoms. The molecule has 0 saturated carbocycles. The average molecular weight is 463 g/mol. The molecule has 0 spiro atoms. The van der Waals surface area contributed by atoms with Crippen LogP contribution in [-0.4, -0.2) is 41.1 Å². The van der Waals surface area contributed by atoms with Crippen molar-refractivity contribution < 1.29 is 8.42 Å². The summed E-state index contributed by atoms with van der Waals surface area (Å²) in [6, 6.07) is 16.9. The standard InChI is InChI=1S/C24H22N4O2S2/c1-32(29,30)20-9-7-17(8-10-20)21-5-2-4-19(26-21)16-28-12-11-22-18(15-28)14-25-24(27-22)23-6-3-13-31-23/h2-10,13-14H,11-12,15-16H2,1H3. The Morgan fingerprint density at radius 3 is 2.62 bits per heavy atom. The van der Waals surface area contributed by atoms with Crippen LogP contribution in [0.3, 0.4) is 0 Å². The zero-order chi connectivity index (χ0) is 22.1. The Bertz CT molecular complexity index is 1350. The number of rotatable bonds is 5. The molecule has 4 heterocycles. The Kier molecular flexibility index (Phi) is 5.58. The molecule has 0 aliphatic carbocycles. The molecule has 8 heteroatoms. The van der Waals surface area contributed by atoms with Crippen molar-refractivity contribution in [3.63, 3.8) is 0 Å². The average Bonchev–Trinajstić information content (AvgIpc) is 3.33. The Morgan fingerprint density at radius 1 is 1.03 bits per heavy atom. The minimum absolute atomic E-state index is 0.314. The van der Waals surface area contributed by atoms with Gasteiger partial charge in [-0.3, -0.25) is 9.88 Å². The quantitative estimate of drug-likeness (QED) is 0.442. The number of nitrogens with zero attached hydrogens (tertiary/aromatic N) is 4. The van der Waals surface area contributed by atoms with Crippen LogP contribution < -0.4 is 0 Å². The van der Waals surface area contributed by atoms with Crippen LogP contribution >= 0.6 is 11.3 Å². The minimum Gasteiger partial charge on any atom is -0.293 e. The molecule has 0 fully saturated rings. The van der Waals surface area contributed by atoms with Gasteiger partial charge in [0.15, 0.2) is 15.7 Å². The summed E-state index contributed by atoms with van der Waals surface area (Å²) in [5.41, 5.74) is 5.02. The third-order valence-corrected chi connectivity index (χ3v) is 7.52. The number of hydrogen-bond acceptors (Lipinski definition) is 7. The second-order valence-corrected chi connectivity index (χ2v) is 10.9. The summed E-state index contributed by atoms with van der Waals surface area (Å²) in [4.78, 5) is 17.9. The molecule has 0 unspecified atom stereocenters. The van der Waals surface area contributed by atoms with Gasteiger partial charge in [0.2, 0.25) is 0 Å². The van der Waals surface area contributed by atoms with Crippen molar-refractivity contribution in [3.05, 3.63) is 83.1 Å². The lowest BCUT2D eigenvalue weighted by atomic mass is 10.1. The van der Waals surface area contributed by atoms with Gasteiger partial charge in [-0.2, -0.15) is 0 Å². The highest BCUT2D eigenvalue weighted by Crippen LogP contribution is 2.25. The van der Waals surface area contributed by atoms with Crippen molar-refractivity contribution in [3.8, 4) is 22.0 Å². The largest absolute Gasteiger partial charge is 0.293 e. The summed E-state index contributed by atoms with van der Waals surface area (Å²) < 4.78 is 23.4. The van der Waals surface area contributed by atoms with Crippen molar-refractivity contribution in [1.82, 2.24) is 19.9 Å². The van der Waals surface area contributed by atoms with Gasteiger partial charge in [0, 0.05) is 49.6 Å². The molecule has 0 saturated heterocycles. The maximum Gasteiger partial charge on any atom is 0.175 e. The van der Waals surface area contributed by atoms with E-state index in [4.69, 9.17) is 9.97 Å². The van der Waals surface area contributed by atoms with Crippen LogP contribution in [0.5, 0.6) is 0 Å². The first-order valence-corrected chi connectivity index (χ1v) is 13.1. The number of thiophene rings is 1. The Labute approximate surface area is 191 Å². The summed E-state index contributed by atoms with van der Waals surface area (Å²) in [6.45, 7) is 2.46. The molecule has 0 amide bonds. The molecule has 162 valence electrons. The first-order chi connectivity index (χ1) is 15.5. The van der Waals surface area contributed by atoms with E-state index in [1.807, 2.05) is 48.0 Å². The van der Waals surface area contributed by atoms with Crippen LogP contribution in [0, 0.1) is 0 Å². The van der Waals surface area contributed by atoms with Gasteiger partial charge >= 0.3 is 0 Å². The molecule has 0 atom stereocenters. The molecule has 32 heavy (non-hydrogen) atoms. The molecule has 5 rings (SSSR count). The molecular formula is C24H22N4O2S2. The third kappa shape index (κ3) is 4.48. The number of aromatic nitrogens is 3. The lowest BCUT2D eigenvalue weighted by Gasteiger charge is -2.27. The summed E-state index contributed by atoms with van der Waals surface area (Å²) >= 11 is 1.66. The number of benzene rings is 1. The van der Waals surface area contributed by atoms with E-state index in [1.54, 1.807) is 23.5 Å². The fourth-order valence-electron chi connectivity index (χ4n) is 3.86. The van der Waals surface area contributed by atoms with Crippen molar-refractivity contribution in [2.45, 2.75) is 24.4 Å². The smallest absolute Gasteiger partial charge is 0.175 e. The summed E-state index contributed by atoms with van der Waals surface area (Å²) in [6.07, 6.45) is 4.06. The van der Waals surface area contributed by atoms with Gasteiger partial charge in [-0.1, -0.05) is 24.3 Å². The lowest BCUT2D eigenvalue weighted by molar-refractivity contribution is 0.240. The Hall–Kier alpha value is -2.94. The molecule has 6 nitrogen and oxygen atoms in total. The number of fused-ring (bicyclic) bond motifs is 1. The zero-order valence-corrected chi connectivity index (χ0v) is 19.2. The minimum atomic E-state index is -3.21. The van der Waals surface area contributed by atoms with Crippen molar-refractivity contribution in [1.29, 1.82) is 0 Å². The molecule has 0 radical (unpaired) electrons. The summed E-state index contributed by atoms with van der Waals surface area (Å²) in [7, 11) is -3.21. The third-order valence-electron chi connectivity index (χ3n) is 5.53. The highest BCUT2D eigenvalue weighted by molar-refractivity contribution is 7.90. The Morgan fingerprint density at radius 2 is 1.88 bits per heavy atom. The van der Waals surface area contributed by atoms with Gasteiger partial charge in [-0.15, -0.1) is 11.3 Å². The molecular weight excluding hydrogens is 440 g/mol. The molecule has 1 aromatic carbocycles. The van der Waals surface area contributed by atoms with Crippen molar-refractivity contribution in [2.75, 3.05) is 12.8 Å². The van der Waals surface area contributed by atoms with Gasteiger partial charge in [0.25, 0.3) is 0 Å². The number of hydrogen-bond donors (Lipinski definition) is 0. The van der Waals surface area contributed by atoms with E-state index in [-0.39, 0.29) is 0 Å². The zero-order valence-electron chi connectivity index (χ0n) is 17.6. The number of sulfone groups is 1. The van der Waals surface area contributed by atoms with Gasteiger partial charge in [-0.05, 0) is 35.7 Å². The van der Waals surface area contributed by atoms with E-state index in [2.05, 4.69) is 16.0 Å². The van der Waals surface area contributed by atoms with Crippen LogP contribution in [0.15, 0.2) is 71.1 Å². The van der Waals surface area contributed by atoms with Gasteiger partial charge in [-0.25, -0.2) is 18.4 Å². The van der Waals surface area contributed by atoms with E-state index < -0.39 is 9.84 Å². The molecule has 0 N–H and O–H groups in total. The van der Waals surface area contributed by atoms with Crippen LogP contribution in [0.4, 0.5) is 0 Å². The van der Waals surface area contributed by atoms with Crippen LogP contribution in [0.25, 0.3) is 22.0 Å². The molecule has 3 aromatic heterocycles. The van der Waals surface area contributed by atoms with Crippen molar-refractivity contribution in [2.24, 2.45) is 0 Å². The second-order valence-electron chi connectivity index (χ2n) is 7.91. The highest BCUT2D eigenvalue weighted by atomic mass is 32.2. The molecule has 1 aliphatic rings. The fraction of sp³-hybridized carbons (Fsp3) is 0.208. The highest BCUT2D eigenvalue weighted by Gasteiger charge is 2.19.